The van der Waals surface area contributed by atoms with E-state index < -0.39 is 22.8 Å². The molecule has 1 fully saturated rings. The van der Waals surface area contributed by atoms with Crippen LogP contribution in [0.15, 0.2) is 0 Å². The standard InChI is InChI=1S/C10H18O5/c1-8(2)6-9(3,7(11)12)10(4,13-5)15-14-8/h6H2,1-5H3,(H,11,12). The number of aliphatic carboxylic acids is 1. The third kappa shape index (κ3) is 1.87. The van der Waals surface area contributed by atoms with Gasteiger partial charge in [-0.25, -0.2) is 4.89 Å². The summed E-state index contributed by atoms with van der Waals surface area (Å²) in [4.78, 5) is 21.6. The molecule has 5 nitrogen and oxygen atoms in total. The van der Waals surface area contributed by atoms with E-state index >= 15 is 0 Å². The zero-order valence-corrected chi connectivity index (χ0v) is 9.79. The SMILES string of the molecule is COC1(C)OOC(C)(C)CC1(C)C(=O)O. The van der Waals surface area contributed by atoms with Crippen LogP contribution in [0.2, 0.25) is 0 Å². The van der Waals surface area contributed by atoms with Crippen LogP contribution in [0.5, 0.6) is 0 Å². The van der Waals surface area contributed by atoms with Gasteiger partial charge in [-0.2, -0.15) is 4.89 Å². The van der Waals surface area contributed by atoms with Gasteiger partial charge in [0.25, 0.3) is 0 Å². The third-order valence-electron chi connectivity index (χ3n) is 3.07. The molecule has 5 heteroatoms. The molecular formula is C10H18O5. The Kier molecular flexibility index (Phi) is 2.84. The van der Waals surface area contributed by atoms with Crippen molar-refractivity contribution >= 4 is 5.97 Å². The van der Waals surface area contributed by atoms with Gasteiger partial charge in [0.05, 0.1) is 5.60 Å². The second-order valence-corrected chi connectivity index (χ2v) is 4.89. The molecule has 15 heavy (non-hydrogen) atoms. The molecule has 1 aliphatic rings. The first-order valence-electron chi connectivity index (χ1n) is 4.82. The zero-order valence-electron chi connectivity index (χ0n) is 9.79. The van der Waals surface area contributed by atoms with Gasteiger partial charge in [-0.1, -0.05) is 0 Å². The van der Waals surface area contributed by atoms with E-state index in [0.717, 1.165) is 0 Å². The molecule has 1 heterocycles. The molecule has 0 aromatic carbocycles. The van der Waals surface area contributed by atoms with E-state index in [1.807, 2.05) is 0 Å². The van der Waals surface area contributed by atoms with Crippen molar-refractivity contribution in [2.24, 2.45) is 5.41 Å². The van der Waals surface area contributed by atoms with E-state index in [-0.39, 0.29) is 0 Å². The van der Waals surface area contributed by atoms with Gasteiger partial charge in [0, 0.05) is 13.5 Å². The maximum Gasteiger partial charge on any atom is 0.315 e. The summed E-state index contributed by atoms with van der Waals surface area (Å²) in [7, 11) is 1.41. The van der Waals surface area contributed by atoms with Crippen LogP contribution < -0.4 is 0 Å². The Hall–Kier alpha value is -0.650. The van der Waals surface area contributed by atoms with Gasteiger partial charge < -0.3 is 9.84 Å². The topological polar surface area (TPSA) is 65.0 Å². The smallest absolute Gasteiger partial charge is 0.315 e. The van der Waals surface area contributed by atoms with Crippen LogP contribution in [0.4, 0.5) is 0 Å². The van der Waals surface area contributed by atoms with Crippen LogP contribution in [0.1, 0.15) is 34.1 Å². The number of hydrogen-bond acceptors (Lipinski definition) is 4. The van der Waals surface area contributed by atoms with E-state index in [1.165, 1.54) is 7.11 Å². The van der Waals surface area contributed by atoms with E-state index in [9.17, 15) is 9.90 Å². The van der Waals surface area contributed by atoms with Crippen LogP contribution >= 0.6 is 0 Å². The summed E-state index contributed by atoms with van der Waals surface area (Å²) in [6, 6.07) is 0. The van der Waals surface area contributed by atoms with E-state index in [1.54, 1.807) is 27.7 Å². The maximum atomic E-state index is 11.3. The molecule has 0 aromatic heterocycles. The lowest BCUT2D eigenvalue weighted by Crippen LogP contribution is -2.60. The number of rotatable bonds is 2. The average Bonchev–Trinajstić information content (AvgIpc) is 2.11. The second kappa shape index (κ2) is 3.43. The van der Waals surface area contributed by atoms with Crippen molar-refractivity contribution in [3.8, 4) is 0 Å². The third-order valence-corrected chi connectivity index (χ3v) is 3.07. The Morgan fingerprint density at radius 3 is 2.20 bits per heavy atom. The maximum absolute atomic E-state index is 11.3. The van der Waals surface area contributed by atoms with Crippen molar-refractivity contribution in [3.05, 3.63) is 0 Å². The van der Waals surface area contributed by atoms with Crippen LogP contribution in [0.25, 0.3) is 0 Å². The molecule has 0 aliphatic carbocycles. The Balaban J connectivity index is 3.09. The fourth-order valence-corrected chi connectivity index (χ4v) is 1.85. The molecule has 2 unspecified atom stereocenters. The van der Waals surface area contributed by atoms with Gasteiger partial charge in [0.15, 0.2) is 0 Å². The van der Waals surface area contributed by atoms with E-state index in [0.29, 0.717) is 6.42 Å². The van der Waals surface area contributed by atoms with Crippen molar-refractivity contribution in [1.82, 2.24) is 0 Å². The van der Waals surface area contributed by atoms with Gasteiger partial charge in [-0.05, 0) is 27.7 Å². The number of methoxy groups -OCH3 is 1. The normalized spacial score (nSPS) is 40.1. The minimum atomic E-state index is -1.27. The Labute approximate surface area is 89.2 Å². The Morgan fingerprint density at radius 2 is 1.80 bits per heavy atom. The lowest BCUT2D eigenvalue weighted by Gasteiger charge is -2.49. The number of carbonyl (C=O) groups is 1. The van der Waals surface area contributed by atoms with Gasteiger partial charge in [0.2, 0.25) is 5.79 Å². The molecule has 0 spiro atoms. The summed E-state index contributed by atoms with van der Waals surface area (Å²) in [6.45, 7) is 6.73. The fourth-order valence-electron chi connectivity index (χ4n) is 1.85. The van der Waals surface area contributed by atoms with E-state index in [2.05, 4.69) is 0 Å². The van der Waals surface area contributed by atoms with Crippen LogP contribution in [-0.2, 0) is 19.3 Å². The largest absolute Gasteiger partial charge is 0.481 e. The lowest BCUT2D eigenvalue weighted by atomic mass is 9.73. The minimum Gasteiger partial charge on any atom is -0.481 e. The van der Waals surface area contributed by atoms with Crippen molar-refractivity contribution < 1.29 is 24.4 Å². The molecule has 88 valence electrons. The first-order chi connectivity index (χ1) is 6.67. The molecule has 1 rings (SSSR count). The number of hydrogen-bond donors (Lipinski definition) is 1. The molecule has 1 aliphatic heterocycles. The number of ether oxygens (including phenoxy) is 1. The highest BCUT2D eigenvalue weighted by atomic mass is 17.2. The average molecular weight is 218 g/mol. The molecule has 0 aromatic rings. The Bertz CT molecular complexity index is 275. The predicted molar refractivity (Wildman–Crippen MR) is 52.0 cm³/mol. The first kappa shape index (κ1) is 12.4. The van der Waals surface area contributed by atoms with Gasteiger partial charge in [-0.15, -0.1) is 0 Å². The molecule has 1 N–H and O–H groups in total. The number of carboxylic acid groups (broad SMARTS) is 1. The summed E-state index contributed by atoms with van der Waals surface area (Å²) in [6.07, 6.45) is 0.319. The van der Waals surface area contributed by atoms with E-state index in [4.69, 9.17) is 14.5 Å². The van der Waals surface area contributed by atoms with Crippen molar-refractivity contribution in [1.29, 1.82) is 0 Å². The highest BCUT2D eigenvalue weighted by molar-refractivity contribution is 5.75. The quantitative estimate of drug-likeness (QED) is 0.713. The molecule has 1 saturated heterocycles. The van der Waals surface area contributed by atoms with Crippen molar-refractivity contribution in [2.45, 2.75) is 45.5 Å². The highest BCUT2D eigenvalue weighted by Gasteiger charge is 2.59. The molecule has 0 amide bonds. The summed E-state index contributed by atoms with van der Waals surface area (Å²) in [5.74, 6) is -2.22. The van der Waals surface area contributed by atoms with Crippen LogP contribution in [0, 0.1) is 5.41 Å². The summed E-state index contributed by atoms with van der Waals surface area (Å²) >= 11 is 0. The zero-order chi connectivity index (χ0) is 11.9. The van der Waals surface area contributed by atoms with Gasteiger partial charge in [-0.3, -0.25) is 4.79 Å². The monoisotopic (exact) mass is 218 g/mol. The van der Waals surface area contributed by atoms with Crippen molar-refractivity contribution in [3.63, 3.8) is 0 Å². The molecule has 0 bridgehead atoms. The van der Waals surface area contributed by atoms with Crippen molar-refractivity contribution in [2.75, 3.05) is 7.11 Å². The summed E-state index contributed by atoms with van der Waals surface area (Å²) in [5.41, 5.74) is -1.77. The number of carboxylic acids is 1. The van der Waals surface area contributed by atoms with Gasteiger partial charge in [0.1, 0.15) is 5.41 Å². The molecular weight excluding hydrogens is 200 g/mol. The second-order valence-electron chi connectivity index (χ2n) is 4.89. The predicted octanol–water partition coefficient (Wildman–Crippen LogP) is 1.57. The van der Waals surface area contributed by atoms with Crippen LogP contribution in [0.3, 0.4) is 0 Å². The molecule has 2 atom stereocenters. The first-order valence-corrected chi connectivity index (χ1v) is 4.82. The lowest BCUT2D eigenvalue weighted by molar-refractivity contribution is -0.504. The molecule has 0 saturated carbocycles. The summed E-state index contributed by atoms with van der Waals surface area (Å²) < 4.78 is 5.12. The molecule has 0 radical (unpaired) electrons. The summed E-state index contributed by atoms with van der Waals surface area (Å²) in [5, 5.41) is 9.28. The Morgan fingerprint density at radius 1 is 1.27 bits per heavy atom. The minimum absolute atomic E-state index is 0.319. The fraction of sp³-hybridized carbons (Fsp3) is 0.900. The van der Waals surface area contributed by atoms with Crippen LogP contribution in [-0.4, -0.2) is 29.6 Å². The highest BCUT2D eigenvalue weighted by Crippen LogP contribution is 2.47. The van der Waals surface area contributed by atoms with Gasteiger partial charge >= 0.3 is 5.97 Å².